The first kappa shape index (κ1) is 17.8. The average Bonchev–Trinajstić information content (AvgIpc) is 2.46. The highest BCUT2D eigenvalue weighted by Crippen LogP contribution is 2.36. The quantitative estimate of drug-likeness (QED) is 0.670. The number of rotatable bonds is 5. The third kappa shape index (κ3) is 4.71. The largest absolute Gasteiger partial charge is 0.416 e. The van der Waals surface area contributed by atoms with Crippen LogP contribution >= 0.6 is 0 Å². The Balaban J connectivity index is 2.27. The molecule has 0 heterocycles. The molecule has 0 aliphatic heterocycles. The topological polar surface area (TPSA) is 24.1 Å². The van der Waals surface area contributed by atoms with Crippen LogP contribution in [-0.4, -0.2) is 0 Å². The number of alkyl halides is 5. The molecule has 2 aromatic carbocycles. The molecule has 0 aliphatic carbocycles. The van der Waals surface area contributed by atoms with Crippen molar-refractivity contribution in [1.29, 1.82) is 0 Å². The fourth-order valence-corrected chi connectivity index (χ4v) is 2.02. The minimum absolute atomic E-state index is 0.130. The molecular formula is C17H15F5N2. The van der Waals surface area contributed by atoms with Gasteiger partial charge in [-0.1, -0.05) is 24.8 Å². The summed E-state index contributed by atoms with van der Waals surface area (Å²) >= 11 is 0. The average molecular weight is 342 g/mol. The molecule has 0 bridgehead atoms. The summed E-state index contributed by atoms with van der Waals surface area (Å²) in [6.45, 7) is 4.18. The molecule has 24 heavy (non-hydrogen) atoms. The maximum absolute atomic E-state index is 13.5. The monoisotopic (exact) mass is 342 g/mol. The van der Waals surface area contributed by atoms with Gasteiger partial charge in [0.05, 0.1) is 5.56 Å². The molecule has 2 N–H and O–H groups in total. The van der Waals surface area contributed by atoms with Crippen molar-refractivity contribution in [2.45, 2.75) is 19.0 Å². The Morgan fingerprint density at radius 1 is 0.833 bits per heavy atom. The number of para-hydroxylation sites is 1. The molecule has 0 unspecified atom stereocenters. The van der Waals surface area contributed by atoms with Crippen molar-refractivity contribution in [3.63, 3.8) is 0 Å². The number of hydrogen-bond donors (Lipinski definition) is 2. The van der Waals surface area contributed by atoms with Gasteiger partial charge in [-0.3, -0.25) is 0 Å². The number of nitrogens with one attached hydrogen (secondary N) is 2. The SMILES string of the molecule is C=C(Nc1ccccc1)Nc1cc(C(C)(F)F)cc(C(F)(F)F)c1. The molecule has 2 nitrogen and oxygen atoms in total. The van der Waals surface area contributed by atoms with E-state index < -0.39 is 23.2 Å². The third-order valence-corrected chi connectivity index (χ3v) is 3.13. The minimum Gasteiger partial charge on any atom is -0.342 e. The van der Waals surface area contributed by atoms with Crippen LogP contribution in [0.1, 0.15) is 18.1 Å². The lowest BCUT2D eigenvalue weighted by atomic mass is 10.0. The second kappa shape index (κ2) is 6.51. The molecule has 0 fully saturated rings. The standard InChI is InChI=1S/C17H15F5N2/c1-11(23-14-6-4-3-5-7-14)24-15-9-12(16(2,18)19)8-13(10-15)17(20,21)22/h3-10,23-24H,1H2,2H3. The van der Waals surface area contributed by atoms with Crippen LogP contribution in [0.2, 0.25) is 0 Å². The maximum atomic E-state index is 13.5. The van der Waals surface area contributed by atoms with E-state index in [1.165, 1.54) is 0 Å². The zero-order valence-electron chi connectivity index (χ0n) is 12.7. The van der Waals surface area contributed by atoms with E-state index in [0.29, 0.717) is 18.7 Å². The van der Waals surface area contributed by atoms with Crippen molar-refractivity contribution in [2.75, 3.05) is 10.6 Å². The Morgan fingerprint density at radius 2 is 1.38 bits per heavy atom. The van der Waals surface area contributed by atoms with Gasteiger partial charge in [0.1, 0.15) is 5.82 Å². The van der Waals surface area contributed by atoms with Gasteiger partial charge in [0.2, 0.25) is 0 Å². The van der Waals surface area contributed by atoms with Crippen molar-refractivity contribution in [3.05, 3.63) is 72.1 Å². The molecule has 128 valence electrons. The molecule has 0 aromatic heterocycles. The summed E-state index contributed by atoms with van der Waals surface area (Å²) in [5, 5.41) is 5.41. The Bertz CT molecular complexity index is 686. The lowest BCUT2D eigenvalue weighted by Crippen LogP contribution is -2.14. The predicted molar refractivity (Wildman–Crippen MR) is 83.8 cm³/mol. The lowest BCUT2D eigenvalue weighted by molar-refractivity contribution is -0.137. The molecule has 0 spiro atoms. The second-order valence-electron chi connectivity index (χ2n) is 5.28. The molecule has 0 saturated carbocycles. The van der Waals surface area contributed by atoms with Gasteiger partial charge in [0.15, 0.2) is 0 Å². The van der Waals surface area contributed by atoms with Crippen molar-refractivity contribution in [1.82, 2.24) is 0 Å². The van der Waals surface area contributed by atoms with E-state index in [9.17, 15) is 22.0 Å². The number of halogens is 5. The molecule has 2 rings (SSSR count). The Labute approximate surface area is 136 Å². The van der Waals surface area contributed by atoms with Crippen molar-refractivity contribution >= 4 is 11.4 Å². The fraction of sp³-hybridized carbons (Fsp3) is 0.176. The molecule has 0 atom stereocenters. The highest BCUT2D eigenvalue weighted by atomic mass is 19.4. The highest BCUT2D eigenvalue weighted by Gasteiger charge is 2.34. The van der Waals surface area contributed by atoms with Gasteiger partial charge in [-0.2, -0.15) is 13.2 Å². The van der Waals surface area contributed by atoms with E-state index in [1.807, 2.05) is 0 Å². The summed E-state index contributed by atoms with van der Waals surface area (Å²) < 4.78 is 65.6. The zero-order valence-corrected chi connectivity index (χ0v) is 12.7. The van der Waals surface area contributed by atoms with E-state index in [0.717, 1.165) is 12.1 Å². The van der Waals surface area contributed by atoms with E-state index in [2.05, 4.69) is 17.2 Å². The molecule has 0 radical (unpaired) electrons. The summed E-state index contributed by atoms with van der Waals surface area (Å²) in [5.41, 5.74) is -1.36. The molecular weight excluding hydrogens is 327 g/mol. The van der Waals surface area contributed by atoms with E-state index in [1.54, 1.807) is 30.3 Å². The summed E-state index contributed by atoms with van der Waals surface area (Å²) in [7, 11) is 0. The summed E-state index contributed by atoms with van der Waals surface area (Å²) in [6.07, 6.45) is -4.73. The molecule has 0 aliphatic rings. The molecule has 2 aromatic rings. The summed E-state index contributed by atoms with van der Waals surface area (Å²) in [6, 6.07) is 10.9. The van der Waals surface area contributed by atoms with Gasteiger partial charge in [-0.15, -0.1) is 0 Å². The van der Waals surface area contributed by atoms with Gasteiger partial charge in [0, 0.05) is 23.9 Å². The smallest absolute Gasteiger partial charge is 0.342 e. The van der Waals surface area contributed by atoms with Crippen LogP contribution in [0, 0.1) is 0 Å². The normalized spacial score (nSPS) is 11.9. The zero-order chi connectivity index (χ0) is 18.0. The predicted octanol–water partition coefficient (Wildman–Crippen LogP) is 5.81. The van der Waals surface area contributed by atoms with Gasteiger partial charge in [0.25, 0.3) is 5.92 Å². The van der Waals surface area contributed by atoms with Gasteiger partial charge < -0.3 is 10.6 Å². The fourth-order valence-electron chi connectivity index (χ4n) is 2.02. The summed E-state index contributed by atoms with van der Waals surface area (Å²) in [5.74, 6) is -3.24. The van der Waals surface area contributed by atoms with E-state index >= 15 is 0 Å². The molecule has 0 saturated heterocycles. The second-order valence-corrected chi connectivity index (χ2v) is 5.28. The van der Waals surface area contributed by atoms with Crippen LogP contribution in [0.3, 0.4) is 0 Å². The van der Waals surface area contributed by atoms with Crippen LogP contribution in [0.25, 0.3) is 0 Å². The molecule has 0 amide bonds. The number of hydrogen-bond acceptors (Lipinski definition) is 2. The van der Waals surface area contributed by atoms with Crippen LogP contribution in [0.15, 0.2) is 60.9 Å². The van der Waals surface area contributed by atoms with Gasteiger partial charge in [-0.25, -0.2) is 8.78 Å². The Morgan fingerprint density at radius 3 is 1.92 bits per heavy atom. The number of anilines is 2. The van der Waals surface area contributed by atoms with Crippen LogP contribution in [-0.2, 0) is 12.1 Å². The van der Waals surface area contributed by atoms with Gasteiger partial charge in [-0.05, 0) is 30.3 Å². The van der Waals surface area contributed by atoms with Crippen molar-refractivity contribution in [2.24, 2.45) is 0 Å². The van der Waals surface area contributed by atoms with Crippen LogP contribution < -0.4 is 10.6 Å². The Kier molecular flexibility index (Phi) is 4.82. The first-order valence-electron chi connectivity index (χ1n) is 6.94. The Hall–Kier alpha value is -2.57. The van der Waals surface area contributed by atoms with Gasteiger partial charge >= 0.3 is 6.18 Å². The third-order valence-electron chi connectivity index (χ3n) is 3.13. The van der Waals surface area contributed by atoms with Crippen LogP contribution in [0.5, 0.6) is 0 Å². The first-order valence-corrected chi connectivity index (χ1v) is 6.94. The maximum Gasteiger partial charge on any atom is 0.416 e. The van der Waals surface area contributed by atoms with Crippen molar-refractivity contribution < 1.29 is 22.0 Å². The first-order chi connectivity index (χ1) is 11.1. The van der Waals surface area contributed by atoms with E-state index in [-0.39, 0.29) is 11.5 Å². The van der Waals surface area contributed by atoms with E-state index in [4.69, 9.17) is 0 Å². The minimum atomic E-state index is -4.73. The highest BCUT2D eigenvalue weighted by molar-refractivity contribution is 5.58. The molecule has 7 heteroatoms. The van der Waals surface area contributed by atoms with Crippen molar-refractivity contribution in [3.8, 4) is 0 Å². The summed E-state index contributed by atoms with van der Waals surface area (Å²) in [4.78, 5) is 0. The number of benzene rings is 2. The lowest BCUT2D eigenvalue weighted by Gasteiger charge is -2.18. The van der Waals surface area contributed by atoms with Crippen LogP contribution in [0.4, 0.5) is 33.3 Å².